The molecule has 0 saturated heterocycles. The second-order valence-electron chi connectivity index (χ2n) is 3.96. The van der Waals surface area contributed by atoms with E-state index in [2.05, 4.69) is 22.2 Å². The van der Waals surface area contributed by atoms with Crippen LogP contribution in [0.3, 0.4) is 0 Å². The van der Waals surface area contributed by atoms with Crippen molar-refractivity contribution in [2.45, 2.75) is 25.1 Å². The lowest BCUT2D eigenvalue weighted by molar-refractivity contribution is 0.475. The summed E-state index contributed by atoms with van der Waals surface area (Å²) < 4.78 is 2.13. The molecule has 0 fully saturated rings. The first-order valence-electron chi connectivity index (χ1n) is 5.68. The molecule has 0 saturated carbocycles. The van der Waals surface area contributed by atoms with Gasteiger partial charge in [0, 0.05) is 24.7 Å². The van der Waals surface area contributed by atoms with Crippen molar-refractivity contribution >= 4 is 12.6 Å². The first kappa shape index (κ1) is 12.0. The molecule has 3 nitrogen and oxygen atoms in total. The Morgan fingerprint density at radius 3 is 2.71 bits per heavy atom. The van der Waals surface area contributed by atoms with E-state index in [9.17, 15) is 5.11 Å². The van der Waals surface area contributed by atoms with E-state index in [0.29, 0.717) is 11.5 Å². The number of nitrogens with zero attached hydrogens (tertiary/aromatic N) is 2. The van der Waals surface area contributed by atoms with Gasteiger partial charge in [-0.05, 0) is 30.5 Å². The molecule has 1 aromatic heterocycles. The lowest BCUT2D eigenvalue weighted by Crippen LogP contribution is -2.02. The van der Waals surface area contributed by atoms with Crippen LogP contribution >= 0.6 is 12.6 Å². The molecule has 90 valence electrons. The number of aromatic nitrogens is 2. The highest BCUT2D eigenvalue weighted by Gasteiger charge is 2.00. The van der Waals surface area contributed by atoms with Crippen LogP contribution in [0.25, 0.3) is 0 Å². The van der Waals surface area contributed by atoms with Crippen LogP contribution < -0.4 is 0 Å². The molecule has 0 aliphatic rings. The van der Waals surface area contributed by atoms with Gasteiger partial charge in [0.25, 0.3) is 0 Å². The molecule has 0 radical (unpaired) electrons. The molecule has 0 aliphatic carbocycles. The van der Waals surface area contributed by atoms with Crippen molar-refractivity contribution in [2.24, 2.45) is 0 Å². The van der Waals surface area contributed by atoms with Gasteiger partial charge >= 0.3 is 0 Å². The fourth-order valence-corrected chi connectivity index (χ4v) is 2.07. The van der Waals surface area contributed by atoms with Gasteiger partial charge in [0.1, 0.15) is 11.6 Å². The Morgan fingerprint density at radius 2 is 2.00 bits per heavy atom. The first-order chi connectivity index (χ1) is 8.29. The van der Waals surface area contributed by atoms with E-state index in [1.165, 1.54) is 5.56 Å². The maximum absolute atomic E-state index is 9.18. The van der Waals surface area contributed by atoms with Gasteiger partial charge in [-0.25, -0.2) is 4.98 Å². The van der Waals surface area contributed by atoms with Gasteiger partial charge in [-0.3, -0.25) is 0 Å². The van der Waals surface area contributed by atoms with Crippen LogP contribution in [0.4, 0.5) is 0 Å². The zero-order valence-electron chi connectivity index (χ0n) is 9.58. The molecule has 1 aromatic carbocycles. The summed E-state index contributed by atoms with van der Waals surface area (Å²) in [6.45, 7) is 0.955. The van der Waals surface area contributed by atoms with E-state index in [0.717, 1.165) is 25.2 Å². The van der Waals surface area contributed by atoms with Crippen LogP contribution in [0.15, 0.2) is 36.7 Å². The number of hydrogen-bond donors (Lipinski definition) is 2. The summed E-state index contributed by atoms with van der Waals surface area (Å²) in [5, 5.41) is 9.18. The third kappa shape index (κ3) is 3.27. The number of hydrogen-bond acceptors (Lipinski definition) is 3. The average Bonchev–Trinajstić information content (AvgIpc) is 2.79. The van der Waals surface area contributed by atoms with Crippen molar-refractivity contribution in [3.05, 3.63) is 48.0 Å². The van der Waals surface area contributed by atoms with E-state index >= 15 is 0 Å². The maximum atomic E-state index is 9.18. The Balaban J connectivity index is 1.85. The Labute approximate surface area is 107 Å². The molecule has 0 spiro atoms. The number of rotatable bonds is 5. The third-order valence-electron chi connectivity index (χ3n) is 2.74. The summed E-state index contributed by atoms with van der Waals surface area (Å²) in [6.07, 6.45) is 5.86. The Kier molecular flexibility index (Phi) is 4.09. The lowest BCUT2D eigenvalue weighted by atomic mass is 10.1. The Morgan fingerprint density at radius 1 is 1.24 bits per heavy atom. The predicted octanol–water partition coefficient (Wildman–Crippen LogP) is 2.65. The molecule has 0 unspecified atom stereocenters. The van der Waals surface area contributed by atoms with Gasteiger partial charge in [0.05, 0.1) is 0 Å². The smallest absolute Gasteiger partial charge is 0.118 e. The predicted molar refractivity (Wildman–Crippen MR) is 71.3 cm³/mol. The number of aromatic hydroxyl groups is 1. The minimum absolute atomic E-state index is 0.320. The monoisotopic (exact) mass is 248 g/mol. The van der Waals surface area contributed by atoms with Crippen LogP contribution in [0.1, 0.15) is 17.8 Å². The molecule has 17 heavy (non-hydrogen) atoms. The van der Waals surface area contributed by atoms with Crippen LogP contribution in [0.5, 0.6) is 5.75 Å². The quantitative estimate of drug-likeness (QED) is 0.798. The number of imidazole rings is 1. The van der Waals surface area contributed by atoms with Gasteiger partial charge < -0.3 is 9.67 Å². The fourth-order valence-electron chi connectivity index (χ4n) is 1.81. The normalized spacial score (nSPS) is 10.6. The zero-order chi connectivity index (χ0) is 12.1. The Bertz CT molecular complexity index is 465. The van der Waals surface area contributed by atoms with Crippen molar-refractivity contribution in [1.82, 2.24) is 9.55 Å². The molecule has 2 rings (SSSR count). The molecular formula is C13H16N2OS. The van der Waals surface area contributed by atoms with Crippen molar-refractivity contribution in [3.8, 4) is 5.75 Å². The average molecular weight is 248 g/mol. The summed E-state index contributed by atoms with van der Waals surface area (Å²) >= 11 is 4.24. The summed E-state index contributed by atoms with van der Waals surface area (Å²) in [4.78, 5) is 4.23. The fraction of sp³-hybridized carbons (Fsp3) is 0.308. The standard InChI is InChI=1S/C13H16N2OS/c16-12-5-3-11(4-6-12)2-1-8-15-9-7-14-13(15)10-17/h3-7,9,16-17H,1-2,8,10H2. The van der Waals surface area contributed by atoms with Crippen molar-refractivity contribution in [3.63, 3.8) is 0 Å². The second kappa shape index (κ2) is 5.77. The van der Waals surface area contributed by atoms with Crippen molar-refractivity contribution < 1.29 is 5.11 Å². The molecule has 0 atom stereocenters. The molecular weight excluding hydrogens is 232 g/mol. The minimum Gasteiger partial charge on any atom is -0.508 e. The highest BCUT2D eigenvalue weighted by atomic mass is 32.1. The number of phenols is 1. The summed E-state index contributed by atoms with van der Waals surface area (Å²) in [7, 11) is 0. The van der Waals surface area contributed by atoms with Gasteiger partial charge in [-0.2, -0.15) is 12.6 Å². The molecule has 4 heteroatoms. The van der Waals surface area contributed by atoms with Gasteiger partial charge in [0.15, 0.2) is 0 Å². The van der Waals surface area contributed by atoms with Crippen LogP contribution in [-0.2, 0) is 18.7 Å². The van der Waals surface area contributed by atoms with E-state index in [1.807, 2.05) is 24.5 Å². The van der Waals surface area contributed by atoms with Gasteiger partial charge in [-0.1, -0.05) is 12.1 Å². The van der Waals surface area contributed by atoms with Gasteiger partial charge in [0.2, 0.25) is 0 Å². The molecule has 0 aliphatic heterocycles. The summed E-state index contributed by atoms with van der Waals surface area (Å²) in [5.41, 5.74) is 1.25. The third-order valence-corrected chi connectivity index (χ3v) is 3.03. The maximum Gasteiger partial charge on any atom is 0.118 e. The van der Waals surface area contributed by atoms with Crippen molar-refractivity contribution in [2.75, 3.05) is 0 Å². The highest BCUT2D eigenvalue weighted by molar-refractivity contribution is 7.79. The Hall–Kier alpha value is -1.42. The number of aryl methyl sites for hydroxylation is 2. The second-order valence-corrected chi connectivity index (χ2v) is 4.28. The van der Waals surface area contributed by atoms with E-state index in [4.69, 9.17) is 0 Å². The van der Waals surface area contributed by atoms with Gasteiger partial charge in [-0.15, -0.1) is 0 Å². The van der Waals surface area contributed by atoms with Crippen LogP contribution in [0, 0.1) is 0 Å². The summed E-state index contributed by atoms with van der Waals surface area (Å²) in [6, 6.07) is 7.38. The lowest BCUT2D eigenvalue weighted by Gasteiger charge is -2.06. The van der Waals surface area contributed by atoms with E-state index in [1.54, 1.807) is 12.1 Å². The van der Waals surface area contributed by atoms with E-state index in [-0.39, 0.29) is 0 Å². The number of benzene rings is 1. The zero-order valence-corrected chi connectivity index (χ0v) is 10.5. The molecule has 0 amide bonds. The molecule has 2 aromatic rings. The summed E-state index contributed by atoms with van der Waals surface area (Å²) in [5.74, 6) is 2.01. The van der Waals surface area contributed by atoms with Crippen LogP contribution in [-0.4, -0.2) is 14.7 Å². The van der Waals surface area contributed by atoms with E-state index < -0.39 is 0 Å². The highest BCUT2D eigenvalue weighted by Crippen LogP contribution is 2.12. The number of thiol groups is 1. The molecule has 1 heterocycles. The minimum atomic E-state index is 0.320. The number of phenolic OH excluding ortho intramolecular Hbond substituents is 1. The topological polar surface area (TPSA) is 38.0 Å². The SMILES string of the molecule is Oc1ccc(CCCn2ccnc2CS)cc1. The first-order valence-corrected chi connectivity index (χ1v) is 6.31. The largest absolute Gasteiger partial charge is 0.508 e. The van der Waals surface area contributed by atoms with Crippen LogP contribution in [0.2, 0.25) is 0 Å². The molecule has 0 bridgehead atoms. The van der Waals surface area contributed by atoms with Crippen molar-refractivity contribution in [1.29, 1.82) is 0 Å². The molecule has 1 N–H and O–H groups in total.